The van der Waals surface area contributed by atoms with Crippen molar-refractivity contribution >= 4 is 40.8 Å². The van der Waals surface area contributed by atoms with E-state index in [0.29, 0.717) is 11.3 Å². The van der Waals surface area contributed by atoms with Crippen molar-refractivity contribution in [3.8, 4) is 0 Å². The summed E-state index contributed by atoms with van der Waals surface area (Å²) < 4.78 is 0. The van der Waals surface area contributed by atoms with Gasteiger partial charge in [0.1, 0.15) is 6.04 Å². The summed E-state index contributed by atoms with van der Waals surface area (Å²) in [5.74, 6) is -3.39. The van der Waals surface area contributed by atoms with E-state index in [4.69, 9.17) is 0 Å². The molecular weight excluding hydrogens is 486 g/mol. The highest BCUT2D eigenvalue weighted by Crippen LogP contribution is 2.53. The summed E-state index contributed by atoms with van der Waals surface area (Å²) in [5, 5.41) is 11.4. The molecule has 3 aromatic carbocycles. The van der Waals surface area contributed by atoms with Crippen LogP contribution >= 0.6 is 0 Å². The molecule has 38 heavy (non-hydrogen) atoms. The smallest absolute Gasteiger partial charge is 0.270 e. The number of imide groups is 1. The molecule has 3 heterocycles. The Bertz CT molecular complexity index is 1580. The van der Waals surface area contributed by atoms with Gasteiger partial charge >= 0.3 is 0 Å². The van der Waals surface area contributed by atoms with E-state index in [0.717, 1.165) is 16.0 Å². The molecule has 0 radical (unpaired) electrons. The molecule has 3 aliphatic rings. The molecule has 3 aromatic rings. The van der Waals surface area contributed by atoms with Crippen molar-refractivity contribution in [1.29, 1.82) is 0 Å². The summed E-state index contributed by atoms with van der Waals surface area (Å²) >= 11 is 0. The van der Waals surface area contributed by atoms with Crippen LogP contribution in [-0.2, 0) is 9.59 Å². The Morgan fingerprint density at radius 2 is 1.58 bits per heavy atom. The Morgan fingerprint density at radius 1 is 0.868 bits per heavy atom. The van der Waals surface area contributed by atoms with E-state index in [-0.39, 0.29) is 17.0 Å². The van der Waals surface area contributed by atoms with E-state index in [1.165, 1.54) is 31.2 Å². The number of ketones is 2. The summed E-state index contributed by atoms with van der Waals surface area (Å²) in [5.41, 5.74) is 2.36. The highest BCUT2D eigenvalue weighted by Gasteiger charge is 2.64. The Labute approximate surface area is 217 Å². The number of carbonyl (C=O) groups is 4. The lowest BCUT2D eigenvalue weighted by atomic mass is 9.83. The van der Waals surface area contributed by atoms with E-state index in [1.807, 2.05) is 30.3 Å². The first kappa shape index (κ1) is 23.5. The number of Topliss-reactive ketones (excluding diaryl/α,β-unsaturated/α-hetero) is 2. The Kier molecular flexibility index (Phi) is 5.30. The molecule has 2 amide bonds. The molecule has 4 atom stereocenters. The first-order chi connectivity index (χ1) is 18.3. The second-order valence-electron chi connectivity index (χ2n) is 9.62. The number of nitro groups is 1. The standard InChI is InChI=1S/C29H21N3O6/c1-16(33)17-9-11-20(12-10-17)31-28(35)23-24(29(31)36)26(27(34)19-6-4-7-21(15-19)32(37)38)30-14-13-18-5-2-3-8-22(18)25(23)30/h2-15,23-26H,1H3/t23-,24+,25+,26-/m0/s1. The van der Waals surface area contributed by atoms with Gasteiger partial charge in [-0.25, -0.2) is 4.90 Å². The molecule has 0 aromatic heterocycles. The number of non-ortho nitro benzene ring substituents is 1. The minimum absolute atomic E-state index is 0.0976. The molecule has 6 rings (SSSR count). The van der Waals surface area contributed by atoms with Crippen LogP contribution in [0.5, 0.6) is 0 Å². The van der Waals surface area contributed by atoms with Crippen molar-refractivity contribution in [3.05, 3.63) is 111 Å². The quantitative estimate of drug-likeness (QED) is 0.220. The first-order valence-electron chi connectivity index (χ1n) is 12.1. The van der Waals surface area contributed by atoms with Gasteiger partial charge < -0.3 is 4.90 Å². The monoisotopic (exact) mass is 507 g/mol. The van der Waals surface area contributed by atoms with Gasteiger partial charge in [-0.2, -0.15) is 0 Å². The van der Waals surface area contributed by atoms with Crippen molar-refractivity contribution in [2.75, 3.05) is 4.90 Å². The number of nitro benzene ring substituents is 1. The van der Waals surface area contributed by atoms with Crippen molar-refractivity contribution in [2.45, 2.75) is 19.0 Å². The van der Waals surface area contributed by atoms with Crippen molar-refractivity contribution < 1.29 is 24.1 Å². The van der Waals surface area contributed by atoms with Crippen LogP contribution in [0, 0.1) is 22.0 Å². The Morgan fingerprint density at radius 3 is 2.29 bits per heavy atom. The third kappa shape index (κ3) is 3.39. The minimum Gasteiger partial charge on any atom is -0.358 e. The lowest BCUT2D eigenvalue weighted by molar-refractivity contribution is -0.384. The largest absolute Gasteiger partial charge is 0.358 e. The van der Waals surface area contributed by atoms with E-state index in [1.54, 1.807) is 35.4 Å². The molecule has 2 saturated heterocycles. The Hall–Kier alpha value is -4.92. The summed E-state index contributed by atoms with van der Waals surface area (Å²) in [6, 6.07) is 17.6. The van der Waals surface area contributed by atoms with Crippen molar-refractivity contribution in [2.24, 2.45) is 11.8 Å². The van der Waals surface area contributed by atoms with Gasteiger partial charge in [-0.05, 0) is 48.4 Å². The third-order valence-electron chi connectivity index (χ3n) is 7.60. The third-order valence-corrected chi connectivity index (χ3v) is 7.60. The van der Waals surface area contributed by atoms with E-state index >= 15 is 0 Å². The summed E-state index contributed by atoms with van der Waals surface area (Å²) in [7, 11) is 0. The molecule has 9 nitrogen and oxygen atoms in total. The van der Waals surface area contributed by atoms with Crippen LogP contribution in [0.15, 0.2) is 79.0 Å². The van der Waals surface area contributed by atoms with Crippen LogP contribution in [0.3, 0.4) is 0 Å². The van der Waals surface area contributed by atoms with Gasteiger partial charge in [-0.3, -0.25) is 29.3 Å². The fourth-order valence-corrected chi connectivity index (χ4v) is 5.90. The second kappa shape index (κ2) is 8.58. The number of carbonyl (C=O) groups excluding carboxylic acids is 4. The minimum atomic E-state index is -1.03. The number of benzene rings is 3. The van der Waals surface area contributed by atoms with E-state index in [2.05, 4.69) is 0 Å². The molecule has 188 valence electrons. The predicted molar refractivity (Wildman–Crippen MR) is 137 cm³/mol. The highest BCUT2D eigenvalue weighted by atomic mass is 16.6. The van der Waals surface area contributed by atoms with Crippen LogP contribution in [0.4, 0.5) is 11.4 Å². The van der Waals surface area contributed by atoms with Gasteiger partial charge in [0.15, 0.2) is 11.6 Å². The first-order valence-corrected chi connectivity index (χ1v) is 12.1. The number of fused-ring (bicyclic) bond motifs is 5. The van der Waals surface area contributed by atoms with Gasteiger partial charge in [0.25, 0.3) is 5.69 Å². The molecule has 0 bridgehead atoms. The van der Waals surface area contributed by atoms with Crippen molar-refractivity contribution in [1.82, 2.24) is 4.90 Å². The molecule has 9 heteroatoms. The molecule has 0 aliphatic carbocycles. The zero-order valence-corrected chi connectivity index (χ0v) is 20.2. The van der Waals surface area contributed by atoms with Gasteiger partial charge in [-0.15, -0.1) is 0 Å². The number of rotatable bonds is 5. The maximum absolute atomic E-state index is 13.9. The van der Waals surface area contributed by atoms with Crippen molar-refractivity contribution in [3.63, 3.8) is 0 Å². The lowest BCUT2D eigenvalue weighted by Gasteiger charge is -2.35. The molecule has 0 N–H and O–H groups in total. The van der Waals surface area contributed by atoms with Gasteiger partial charge in [0.2, 0.25) is 11.8 Å². The summed E-state index contributed by atoms with van der Waals surface area (Å²) in [6.45, 7) is 1.43. The number of hydrogen-bond donors (Lipinski definition) is 0. The van der Waals surface area contributed by atoms with Crippen LogP contribution < -0.4 is 4.90 Å². The average molecular weight is 508 g/mol. The summed E-state index contributed by atoms with van der Waals surface area (Å²) in [4.78, 5) is 67.1. The molecule has 2 fully saturated rings. The average Bonchev–Trinajstić information content (AvgIpc) is 3.40. The maximum atomic E-state index is 13.9. The number of anilines is 1. The van der Waals surface area contributed by atoms with Crippen LogP contribution in [0.1, 0.15) is 44.8 Å². The SMILES string of the molecule is CC(=O)c1ccc(N2C(=O)[C@@H]3[C@H](C2=O)[C@H]2c4ccccc4C=CN2[C@@H]3C(=O)c2cccc([N+](=O)[O-])c2)cc1. The maximum Gasteiger partial charge on any atom is 0.270 e. The van der Waals surface area contributed by atoms with E-state index < -0.39 is 46.4 Å². The van der Waals surface area contributed by atoms with Crippen LogP contribution in [-0.4, -0.2) is 39.2 Å². The highest BCUT2D eigenvalue weighted by molar-refractivity contribution is 6.24. The zero-order chi connectivity index (χ0) is 26.7. The lowest BCUT2D eigenvalue weighted by Crippen LogP contribution is -2.44. The summed E-state index contributed by atoms with van der Waals surface area (Å²) in [6.07, 6.45) is 3.58. The molecule has 3 aliphatic heterocycles. The topological polar surface area (TPSA) is 118 Å². The van der Waals surface area contributed by atoms with Crippen LogP contribution in [0.2, 0.25) is 0 Å². The predicted octanol–water partition coefficient (Wildman–Crippen LogP) is 4.20. The number of hydrogen-bond acceptors (Lipinski definition) is 7. The number of amides is 2. The van der Waals surface area contributed by atoms with Gasteiger partial charge in [-0.1, -0.05) is 36.4 Å². The Balaban J connectivity index is 1.47. The van der Waals surface area contributed by atoms with Gasteiger partial charge in [0.05, 0.1) is 28.5 Å². The fraction of sp³-hybridized carbons (Fsp3) is 0.172. The van der Waals surface area contributed by atoms with E-state index in [9.17, 15) is 29.3 Å². The van der Waals surface area contributed by atoms with Crippen LogP contribution in [0.25, 0.3) is 6.08 Å². The number of nitrogens with zero attached hydrogens (tertiary/aromatic N) is 3. The molecular formula is C29H21N3O6. The second-order valence-corrected chi connectivity index (χ2v) is 9.62. The van der Waals surface area contributed by atoms with Gasteiger partial charge in [0, 0.05) is 29.5 Å². The normalized spacial score (nSPS) is 23.2. The molecule has 0 saturated carbocycles. The zero-order valence-electron chi connectivity index (χ0n) is 20.2. The molecule has 0 spiro atoms. The fourth-order valence-electron chi connectivity index (χ4n) is 5.90. The molecule has 0 unspecified atom stereocenters.